The molecule has 0 aliphatic carbocycles. The molecule has 1 heterocycles. The lowest BCUT2D eigenvalue weighted by Gasteiger charge is -2.25. The Bertz CT molecular complexity index is 361. The van der Waals surface area contributed by atoms with E-state index in [9.17, 15) is 9.13 Å². The van der Waals surface area contributed by atoms with Gasteiger partial charge in [-0.25, -0.2) is 0 Å². The molecule has 0 atom stereocenters. The molecule has 1 aliphatic rings. The highest BCUT2D eigenvalue weighted by Gasteiger charge is 2.19. The molecule has 1 rings (SSSR count). The Morgan fingerprint density at radius 2 is 1.14 bits per heavy atom. The van der Waals surface area contributed by atoms with Crippen LogP contribution in [0.1, 0.15) is 0 Å². The summed E-state index contributed by atoms with van der Waals surface area (Å²) in [4.78, 5) is 39.4. The minimum Gasteiger partial charge on any atom is -0.379 e. The predicted molar refractivity (Wildman–Crippen MR) is 77.5 cm³/mol. The van der Waals surface area contributed by atoms with Gasteiger partial charge >= 0.3 is 15.2 Å². The maximum atomic E-state index is 10.9. The van der Waals surface area contributed by atoms with E-state index in [1.54, 1.807) is 0 Å². The third-order valence-electron chi connectivity index (χ3n) is 3.25. The summed E-state index contributed by atoms with van der Waals surface area (Å²) in [5, 5.41) is 0. The van der Waals surface area contributed by atoms with Crippen LogP contribution >= 0.6 is 15.2 Å². The highest BCUT2D eigenvalue weighted by molar-refractivity contribution is 7.52. The van der Waals surface area contributed by atoms with Gasteiger partial charge in [0, 0.05) is 39.3 Å². The summed E-state index contributed by atoms with van der Waals surface area (Å²) >= 11 is 0. The first kappa shape index (κ1) is 19.2. The SMILES string of the molecule is O=P(O)(O)CCN1CCOCCN(CCP(=O)(O)O)CC1. The van der Waals surface area contributed by atoms with Crippen molar-refractivity contribution in [2.45, 2.75) is 0 Å². The zero-order valence-electron chi connectivity index (χ0n) is 11.9. The van der Waals surface area contributed by atoms with E-state index in [2.05, 4.69) is 0 Å². The van der Waals surface area contributed by atoms with Crippen LogP contribution in [0.3, 0.4) is 0 Å². The lowest BCUT2D eigenvalue weighted by Crippen LogP contribution is -2.38. The first-order chi connectivity index (χ1) is 9.66. The Labute approximate surface area is 124 Å². The fourth-order valence-electron chi connectivity index (χ4n) is 1.99. The van der Waals surface area contributed by atoms with Gasteiger partial charge in [-0.05, 0) is 0 Å². The molecule has 9 nitrogen and oxygen atoms in total. The van der Waals surface area contributed by atoms with Crippen molar-refractivity contribution in [2.75, 3.05) is 64.8 Å². The molecule has 0 aromatic carbocycles. The summed E-state index contributed by atoms with van der Waals surface area (Å²) in [6, 6.07) is 0. The van der Waals surface area contributed by atoms with Gasteiger partial charge in [-0.1, -0.05) is 0 Å². The van der Waals surface area contributed by atoms with Crippen molar-refractivity contribution >= 4 is 15.2 Å². The van der Waals surface area contributed by atoms with Crippen LogP contribution in [0.15, 0.2) is 0 Å². The van der Waals surface area contributed by atoms with E-state index in [1.165, 1.54) is 0 Å². The summed E-state index contributed by atoms with van der Waals surface area (Å²) < 4.78 is 27.2. The van der Waals surface area contributed by atoms with Crippen LogP contribution in [0.5, 0.6) is 0 Å². The van der Waals surface area contributed by atoms with E-state index in [0.29, 0.717) is 39.4 Å². The van der Waals surface area contributed by atoms with Crippen molar-refractivity contribution in [1.29, 1.82) is 0 Å². The van der Waals surface area contributed by atoms with E-state index in [4.69, 9.17) is 24.3 Å². The molecule has 0 bridgehead atoms. The molecule has 4 N–H and O–H groups in total. The summed E-state index contributed by atoms with van der Waals surface area (Å²) in [7, 11) is -8.03. The molecule has 0 aromatic heterocycles. The summed E-state index contributed by atoms with van der Waals surface area (Å²) in [5.41, 5.74) is 0. The van der Waals surface area contributed by atoms with E-state index >= 15 is 0 Å². The molecule has 126 valence electrons. The van der Waals surface area contributed by atoms with Crippen LogP contribution in [0, 0.1) is 0 Å². The van der Waals surface area contributed by atoms with Crippen molar-refractivity contribution in [2.24, 2.45) is 0 Å². The van der Waals surface area contributed by atoms with Gasteiger partial charge in [0.2, 0.25) is 0 Å². The number of ether oxygens (including phenoxy) is 1. The summed E-state index contributed by atoms with van der Waals surface area (Å²) in [5.74, 6) is 0. The second kappa shape index (κ2) is 8.72. The molecule has 0 radical (unpaired) electrons. The predicted octanol–water partition coefficient (Wildman–Crippen LogP) is -1.02. The Morgan fingerprint density at radius 1 is 0.762 bits per heavy atom. The van der Waals surface area contributed by atoms with Gasteiger partial charge in [0.05, 0.1) is 25.5 Å². The zero-order chi connectivity index (χ0) is 15.9. The zero-order valence-corrected chi connectivity index (χ0v) is 13.7. The van der Waals surface area contributed by atoms with Crippen LogP contribution in [0.2, 0.25) is 0 Å². The Morgan fingerprint density at radius 3 is 1.48 bits per heavy atom. The standard InChI is InChI=1S/C10H24N2O7P2/c13-20(14,15)9-5-11-1-2-12(4-8-19-7-3-11)6-10-21(16,17)18/h1-10H2,(H2,13,14,15)(H2,16,17,18). The Balaban J connectivity index is 2.45. The van der Waals surface area contributed by atoms with Gasteiger partial charge in [-0.15, -0.1) is 0 Å². The monoisotopic (exact) mass is 346 g/mol. The van der Waals surface area contributed by atoms with Crippen LogP contribution in [0.4, 0.5) is 0 Å². The van der Waals surface area contributed by atoms with E-state index in [1.807, 2.05) is 9.80 Å². The molecular weight excluding hydrogens is 322 g/mol. The van der Waals surface area contributed by atoms with E-state index in [0.717, 1.165) is 0 Å². The van der Waals surface area contributed by atoms with Gasteiger partial charge < -0.3 is 24.3 Å². The summed E-state index contributed by atoms with van der Waals surface area (Å²) in [6.45, 7) is 3.87. The first-order valence-electron chi connectivity index (χ1n) is 6.77. The minimum atomic E-state index is -4.02. The van der Waals surface area contributed by atoms with E-state index in [-0.39, 0.29) is 25.4 Å². The van der Waals surface area contributed by atoms with Gasteiger partial charge in [0.15, 0.2) is 0 Å². The fourth-order valence-corrected chi connectivity index (χ4v) is 3.07. The van der Waals surface area contributed by atoms with Crippen molar-refractivity contribution in [1.82, 2.24) is 9.80 Å². The van der Waals surface area contributed by atoms with Crippen LogP contribution in [0.25, 0.3) is 0 Å². The molecule has 0 spiro atoms. The third-order valence-corrected chi connectivity index (χ3v) is 4.82. The van der Waals surface area contributed by atoms with Gasteiger partial charge in [-0.3, -0.25) is 18.9 Å². The molecule has 0 aromatic rings. The third kappa shape index (κ3) is 10.5. The van der Waals surface area contributed by atoms with Crippen molar-refractivity contribution < 1.29 is 33.4 Å². The van der Waals surface area contributed by atoms with E-state index < -0.39 is 15.2 Å². The molecule has 0 unspecified atom stereocenters. The second-order valence-corrected chi connectivity index (χ2v) is 8.63. The number of rotatable bonds is 6. The van der Waals surface area contributed by atoms with Crippen LogP contribution in [-0.2, 0) is 13.9 Å². The first-order valence-corrected chi connectivity index (χ1v) is 10.4. The molecule has 1 aliphatic heterocycles. The van der Waals surface area contributed by atoms with Crippen molar-refractivity contribution in [3.05, 3.63) is 0 Å². The molecule has 1 fully saturated rings. The maximum absolute atomic E-state index is 10.9. The van der Waals surface area contributed by atoms with Crippen LogP contribution in [-0.4, -0.2) is 94.2 Å². The molecule has 0 saturated carbocycles. The van der Waals surface area contributed by atoms with Gasteiger partial charge in [-0.2, -0.15) is 0 Å². The Kier molecular flexibility index (Phi) is 7.98. The minimum absolute atomic E-state index is 0.199. The number of nitrogens with zero attached hydrogens (tertiary/aromatic N) is 2. The van der Waals surface area contributed by atoms with Gasteiger partial charge in [0.25, 0.3) is 0 Å². The smallest absolute Gasteiger partial charge is 0.326 e. The highest BCUT2D eigenvalue weighted by atomic mass is 31.2. The number of hydrogen-bond acceptors (Lipinski definition) is 5. The molecule has 11 heteroatoms. The largest absolute Gasteiger partial charge is 0.379 e. The molecule has 0 amide bonds. The topological polar surface area (TPSA) is 131 Å². The highest BCUT2D eigenvalue weighted by Crippen LogP contribution is 2.34. The lowest BCUT2D eigenvalue weighted by atomic mass is 10.4. The quantitative estimate of drug-likeness (QED) is 0.446. The second-order valence-electron chi connectivity index (χ2n) is 5.07. The van der Waals surface area contributed by atoms with Crippen LogP contribution < -0.4 is 0 Å². The number of hydrogen-bond donors (Lipinski definition) is 4. The molecule has 21 heavy (non-hydrogen) atoms. The molecule has 1 saturated heterocycles. The van der Waals surface area contributed by atoms with Crippen molar-refractivity contribution in [3.63, 3.8) is 0 Å². The van der Waals surface area contributed by atoms with Gasteiger partial charge in [0.1, 0.15) is 0 Å². The summed E-state index contributed by atoms with van der Waals surface area (Å²) in [6.07, 6.45) is -0.398. The average molecular weight is 346 g/mol. The molecular formula is C10H24N2O7P2. The lowest BCUT2D eigenvalue weighted by molar-refractivity contribution is 0.107. The Hall–Kier alpha value is 0.180. The average Bonchev–Trinajstić information content (AvgIpc) is 2.44. The normalized spacial score (nSPS) is 20.8. The fraction of sp³-hybridized carbons (Fsp3) is 1.00. The van der Waals surface area contributed by atoms with Crippen molar-refractivity contribution in [3.8, 4) is 0 Å². The maximum Gasteiger partial charge on any atom is 0.326 e.